The zero-order chi connectivity index (χ0) is 13.0. The number of carbonyl (C=O) groups excluding carboxylic acids is 1. The lowest BCUT2D eigenvalue weighted by molar-refractivity contribution is -0.132. The second kappa shape index (κ2) is 5.82. The van der Waals surface area contributed by atoms with E-state index < -0.39 is 0 Å². The van der Waals surface area contributed by atoms with Crippen molar-refractivity contribution in [3.63, 3.8) is 0 Å². The van der Waals surface area contributed by atoms with Crippen molar-refractivity contribution >= 4 is 5.91 Å². The number of nitrogens with two attached hydrogens (primary N) is 1. The molecule has 17 heavy (non-hydrogen) atoms. The Hall–Kier alpha value is -1.36. The fourth-order valence-electron chi connectivity index (χ4n) is 1.73. The summed E-state index contributed by atoms with van der Waals surface area (Å²) >= 11 is 0. The Morgan fingerprint density at radius 2 is 2.24 bits per heavy atom. The fourth-order valence-corrected chi connectivity index (χ4v) is 1.73. The molecule has 1 aromatic heterocycles. The highest BCUT2D eigenvalue weighted by molar-refractivity contribution is 5.79. The van der Waals surface area contributed by atoms with Gasteiger partial charge in [0.05, 0.1) is 12.0 Å². The van der Waals surface area contributed by atoms with Gasteiger partial charge >= 0.3 is 0 Å². The van der Waals surface area contributed by atoms with Crippen molar-refractivity contribution in [1.29, 1.82) is 0 Å². The minimum atomic E-state index is -0.255. The summed E-state index contributed by atoms with van der Waals surface area (Å²) < 4.78 is 1.86. The average molecular weight is 238 g/mol. The van der Waals surface area contributed by atoms with Crippen molar-refractivity contribution in [3.8, 4) is 0 Å². The molecule has 2 atom stereocenters. The first-order valence-corrected chi connectivity index (χ1v) is 6.05. The summed E-state index contributed by atoms with van der Waals surface area (Å²) in [5.74, 6) is 0.0788. The number of likely N-dealkylation sites (N-methyl/N-ethyl adjacent to an activating group) is 1. The van der Waals surface area contributed by atoms with Crippen molar-refractivity contribution in [2.45, 2.75) is 39.3 Å². The lowest BCUT2D eigenvalue weighted by atomic mass is 10.1. The molecule has 0 radical (unpaired) electrons. The van der Waals surface area contributed by atoms with Crippen LogP contribution in [0.2, 0.25) is 0 Å². The van der Waals surface area contributed by atoms with Crippen LogP contribution in [0.4, 0.5) is 0 Å². The summed E-state index contributed by atoms with van der Waals surface area (Å²) in [4.78, 5) is 17.9. The fraction of sp³-hybridized carbons (Fsp3) is 0.667. The standard InChI is InChI=1S/C12H22N4O/c1-5-10(13)11-7-14-8-16(11)9(3)12(17)15(4)6-2/h7-10H,5-6,13H2,1-4H3/t9?,10-/m1/s1. The molecule has 0 spiro atoms. The molecule has 1 aromatic rings. The zero-order valence-electron chi connectivity index (χ0n) is 11.1. The van der Waals surface area contributed by atoms with Crippen molar-refractivity contribution in [3.05, 3.63) is 18.2 Å². The van der Waals surface area contributed by atoms with E-state index in [4.69, 9.17) is 5.73 Å². The highest BCUT2D eigenvalue weighted by Gasteiger charge is 2.21. The van der Waals surface area contributed by atoms with Crippen LogP contribution in [0.5, 0.6) is 0 Å². The van der Waals surface area contributed by atoms with Crippen molar-refractivity contribution in [2.24, 2.45) is 5.73 Å². The van der Waals surface area contributed by atoms with E-state index in [1.165, 1.54) is 0 Å². The Morgan fingerprint density at radius 1 is 1.59 bits per heavy atom. The Morgan fingerprint density at radius 3 is 2.76 bits per heavy atom. The molecule has 0 aliphatic rings. The second-order valence-corrected chi connectivity index (χ2v) is 4.27. The van der Waals surface area contributed by atoms with Gasteiger partial charge in [-0.2, -0.15) is 0 Å². The molecule has 1 amide bonds. The molecule has 96 valence electrons. The van der Waals surface area contributed by atoms with Gasteiger partial charge in [0.25, 0.3) is 0 Å². The summed E-state index contributed by atoms with van der Waals surface area (Å²) in [5.41, 5.74) is 6.92. The molecule has 0 aliphatic carbocycles. The number of rotatable bonds is 5. The van der Waals surface area contributed by atoms with Gasteiger partial charge in [-0.05, 0) is 20.3 Å². The molecule has 0 fully saturated rings. The third kappa shape index (κ3) is 2.85. The highest BCUT2D eigenvalue weighted by atomic mass is 16.2. The summed E-state index contributed by atoms with van der Waals surface area (Å²) in [6.45, 7) is 6.55. The molecule has 1 rings (SSSR count). The largest absolute Gasteiger partial charge is 0.344 e. The van der Waals surface area contributed by atoms with Crippen LogP contribution >= 0.6 is 0 Å². The van der Waals surface area contributed by atoms with Crippen molar-refractivity contribution < 1.29 is 4.79 Å². The maximum absolute atomic E-state index is 12.1. The van der Waals surface area contributed by atoms with Crippen LogP contribution in [0.1, 0.15) is 45.0 Å². The van der Waals surface area contributed by atoms with E-state index >= 15 is 0 Å². The molecule has 0 bridgehead atoms. The number of carbonyl (C=O) groups is 1. The number of hydrogen-bond donors (Lipinski definition) is 1. The average Bonchev–Trinajstić information content (AvgIpc) is 2.83. The Bertz CT molecular complexity index is 374. The predicted octanol–water partition coefficient (Wildman–Crippen LogP) is 1.33. The number of nitrogens with zero attached hydrogens (tertiary/aromatic N) is 3. The maximum Gasteiger partial charge on any atom is 0.245 e. The third-order valence-electron chi connectivity index (χ3n) is 3.14. The normalized spacial score (nSPS) is 14.4. The van der Waals surface area contributed by atoms with Gasteiger partial charge in [-0.1, -0.05) is 6.92 Å². The first-order valence-electron chi connectivity index (χ1n) is 6.05. The monoisotopic (exact) mass is 238 g/mol. The minimum absolute atomic E-state index is 0.0697. The third-order valence-corrected chi connectivity index (χ3v) is 3.14. The van der Waals surface area contributed by atoms with Gasteiger partial charge < -0.3 is 15.2 Å². The van der Waals surface area contributed by atoms with E-state index in [-0.39, 0.29) is 18.0 Å². The highest BCUT2D eigenvalue weighted by Crippen LogP contribution is 2.19. The van der Waals surface area contributed by atoms with Gasteiger partial charge in [0, 0.05) is 25.8 Å². The first-order chi connectivity index (χ1) is 8.02. The van der Waals surface area contributed by atoms with Crippen LogP contribution in [0, 0.1) is 0 Å². The lowest BCUT2D eigenvalue weighted by Crippen LogP contribution is -2.33. The predicted molar refractivity (Wildman–Crippen MR) is 67.5 cm³/mol. The van der Waals surface area contributed by atoms with E-state index in [9.17, 15) is 4.79 Å². The number of hydrogen-bond acceptors (Lipinski definition) is 3. The summed E-state index contributed by atoms with van der Waals surface area (Å²) in [7, 11) is 1.80. The van der Waals surface area contributed by atoms with Crippen molar-refractivity contribution in [1.82, 2.24) is 14.5 Å². The van der Waals surface area contributed by atoms with Gasteiger partial charge in [-0.15, -0.1) is 0 Å². The SMILES string of the molecule is CC[C@@H](N)c1cncn1C(C)C(=O)N(C)CC. The van der Waals surface area contributed by atoms with E-state index in [0.29, 0.717) is 6.54 Å². The Labute approximate surface area is 103 Å². The molecular formula is C12H22N4O. The number of imidazole rings is 1. The van der Waals surface area contributed by atoms with Crippen LogP contribution in [-0.2, 0) is 4.79 Å². The zero-order valence-corrected chi connectivity index (χ0v) is 11.1. The Kier molecular flexibility index (Phi) is 4.69. The number of amides is 1. The van der Waals surface area contributed by atoms with E-state index in [2.05, 4.69) is 4.98 Å². The molecule has 1 unspecified atom stereocenters. The summed E-state index contributed by atoms with van der Waals surface area (Å²) in [6, 6.07) is -0.324. The quantitative estimate of drug-likeness (QED) is 0.841. The van der Waals surface area contributed by atoms with Crippen molar-refractivity contribution in [2.75, 3.05) is 13.6 Å². The smallest absolute Gasteiger partial charge is 0.245 e. The molecule has 5 nitrogen and oxygen atoms in total. The molecule has 0 saturated carbocycles. The summed E-state index contributed by atoms with van der Waals surface area (Å²) in [5, 5.41) is 0. The molecule has 0 saturated heterocycles. The van der Waals surface area contributed by atoms with Gasteiger partial charge in [0.15, 0.2) is 0 Å². The van der Waals surface area contributed by atoms with Gasteiger partial charge in [0.1, 0.15) is 6.04 Å². The van der Waals surface area contributed by atoms with Crippen LogP contribution in [0.25, 0.3) is 0 Å². The lowest BCUT2D eigenvalue weighted by Gasteiger charge is -2.23. The topological polar surface area (TPSA) is 64.1 Å². The van der Waals surface area contributed by atoms with Crippen LogP contribution in [-0.4, -0.2) is 34.0 Å². The van der Waals surface area contributed by atoms with Gasteiger partial charge in [-0.25, -0.2) is 4.98 Å². The number of aromatic nitrogens is 2. The first kappa shape index (κ1) is 13.7. The van der Waals surface area contributed by atoms with Gasteiger partial charge in [-0.3, -0.25) is 4.79 Å². The molecule has 0 aromatic carbocycles. The van der Waals surface area contributed by atoms with E-state index in [0.717, 1.165) is 12.1 Å². The van der Waals surface area contributed by atoms with E-state index in [1.807, 2.05) is 25.3 Å². The van der Waals surface area contributed by atoms with Crippen LogP contribution in [0.15, 0.2) is 12.5 Å². The molecular weight excluding hydrogens is 216 g/mol. The molecule has 2 N–H and O–H groups in total. The van der Waals surface area contributed by atoms with Crippen LogP contribution in [0.3, 0.4) is 0 Å². The second-order valence-electron chi connectivity index (χ2n) is 4.27. The maximum atomic E-state index is 12.1. The summed E-state index contributed by atoms with van der Waals surface area (Å²) in [6.07, 6.45) is 4.25. The molecule has 0 aliphatic heterocycles. The minimum Gasteiger partial charge on any atom is -0.344 e. The Balaban J connectivity index is 2.93. The van der Waals surface area contributed by atoms with Crippen LogP contribution < -0.4 is 5.73 Å². The van der Waals surface area contributed by atoms with Gasteiger partial charge in [0.2, 0.25) is 5.91 Å². The molecule has 5 heteroatoms. The molecule has 1 heterocycles. The van der Waals surface area contributed by atoms with E-state index in [1.54, 1.807) is 24.5 Å².